The fourth-order valence-corrected chi connectivity index (χ4v) is 3.79. The highest BCUT2D eigenvalue weighted by Gasteiger charge is 2.16. The second-order valence-corrected chi connectivity index (χ2v) is 8.76. The van der Waals surface area contributed by atoms with Gasteiger partial charge in [-0.3, -0.25) is 9.59 Å². The molecule has 4 rings (SSSR count). The van der Waals surface area contributed by atoms with Gasteiger partial charge in [0.05, 0.1) is 29.6 Å². The van der Waals surface area contributed by atoms with Gasteiger partial charge in [-0.1, -0.05) is 0 Å². The molecule has 0 spiro atoms. The monoisotopic (exact) mass is 544 g/mol. The van der Waals surface area contributed by atoms with Gasteiger partial charge in [-0.15, -0.1) is 0 Å². The van der Waals surface area contributed by atoms with Crippen molar-refractivity contribution in [1.82, 2.24) is 30.6 Å². The fraction of sp³-hybridized carbons (Fsp3) is 0.192. The largest absolute Gasteiger partial charge is 0.478 e. The van der Waals surface area contributed by atoms with E-state index in [0.29, 0.717) is 54.9 Å². The van der Waals surface area contributed by atoms with Gasteiger partial charge in [0.2, 0.25) is 5.95 Å². The SMILES string of the molecule is Nc1ccc(C(=O)NCCCCNC(=O)c2ccc(NCc3cnc4nc(N)nc(N)c4n3)cc2)c(C(=O)O)c1. The number of hydrogen-bond acceptors (Lipinski definition) is 11. The van der Waals surface area contributed by atoms with Gasteiger partial charge in [-0.05, 0) is 55.3 Å². The second kappa shape index (κ2) is 12.3. The van der Waals surface area contributed by atoms with Crippen LogP contribution in [0.2, 0.25) is 0 Å². The number of fused-ring (bicyclic) bond motifs is 1. The molecule has 0 radical (unpaired) electrons. The molecule has 2 amide bonds. The van der Waals surface area contributed by atoms with E-state index < -0.39 is 11.9 Å². The predicted molar refractivity (Wildman–Crippen MR) is 149 cm³/mol. The molecule has 14 heteroatoms. The summed E-state index contributed by atoms with van der Waals surface area (Å²) in [6.07, 6.45) is 2.78. The van der Waals surface area contributed by atoms with Crippen molar-refractivity contribution in [2.24, 2.45) is 0 Å². The van der Waals surface area contributed by atoms with Crippen LogP contribution in [0.4, 0.5) is 23.1 Å². The number of carbonyl (C=O) groups excluding carboxylic acids is 2. The Labute approximate surface area is 228 Å². The number of carboxylic acids is 1. The van der Waals surface area contributed by atoms with Crippen molar-refractivity contribution in [2.75, 3.05) is 35.6 Å². The highest BCUT2D eigenvalue weighted by Crippen LogP contribution is 2.16. The van der Waals surface area contributed by atoms with Gasteiger partial charge in [0, 0.05) is 30.0 Å². The minimum Gasteiger partial charge on any atom is -0.478 e. The van der Waals surface area contributed by atoms with Gasteiger partial charge in [0.1, 0.15) is 0 Å². The zero-order valence-corrected chi connectivity index (χ0v) is 21.3. The molecule has 10 N–H and O–H groups in total. The van der Waals surface area contributed by atoms with Crippen LogP contribution in [0.15, 0.2) is 48.7 Å². The molecular weight excluding hydrogens is 516 g/mol. The Hall–Kier alpha value is -5.53. The number of anilines is 4. The van der Waals surface area contributed by atoms with E-state index in [1.807, 2.05) is 0 Å². The van der Waals surface area contributed by atoms with Gasteiger partial charge in [-0.25, -0.2) is 14.8 Å². The Morgan fingerprint density at radius 3 is 2.23 bits per heavy atom. The van der Waals surface area contributed by atoms with Gasteiger partial charge in [0.25, 0.3) is 11.8 Å². The smallest absolute Gasteiger partial charge is 0.336 e. The molecule has 2 aromatic carbocycles. The molecule has 206 valence electrons. The van der Waals surface area contributed by atoms with Crippen molar-refractivity contribution in [1.29, 1.82) is 0 Å². The predicted octanol–water partition coefficient (Wildman–Crippen LogP) is 1.42. The minimum atomic E-state index is -1.23. The van der Waals surface area contributed by atoms with E-state index in [9.17, 15) is 19.5 Å². The topological polar surface area (TPSA) is 237 Å². The van der Waals surface area contributed by atoms with Gasteiger partial charge in [0.15, 0.2) is 17.0 Å². The summed E-state index contributed by atoms with van der Waals surface area (Å²) in [5, 5.41) is 18.0. The number of nitrogens with two attached hydrogens (primary N) is 3. The number of aromatic nitrogens is 4. The molecule has 0 bridgehead atoms. The van der Waals surface area contributed by atoms with E-state index in [-0.39, 0.29) is 34.5 Å². The van der Waals surface area contributed by atoms with Crippen molar-refractivity contribution in [3.8, 4) is 0 Å². The molecule has 0 atom stereocenters. The highest BCUT2D eigenvalue weighted by atomic mass is 16.4. The first-order valence-electron chi connectivity index (χ1n) is 12.3. The number of amides is 2. The number of rotatable bonds is 11. The third-order valence-corrected chi connectivity index (χ3v) is 5.82. The van der Waals surface area contributed by atoms with Crippen LogP contribution in [0.1, 0.15) is 49.6 Å². The summed E-state index contributed by atoms with van der Waals surface area (Å²) in [6, 6.07) is 11.1. The first-order valence-corrected chi connectivity index (χ1v) is 12.3. The summed E-state index contributed by atoms with van der Waals surface area (Å²) in [6.45, 7) is 1.11. The van der Waals surface area contributed by atoms with Crippen LogP contribution in [0.25, 0.3) is 11.2 Å². The summed E-state index contributed by atoms with van der Waals surface area (Å²) in [7, 11) is 0. The molecule has 0 saturated carbocycles. The zero-order chi connectivity index (χ0) is 28.6. The van der Waals surface area contributed by atoms with Crippen LogP contribution in [0.5, 0.6) is 0 Å². The van der Waals surface area contributed by atoms with Crippen LogP contribution < -0.4 is 33.2 Å². The Balaban J connectivity index is 1.18. The lowest BCUT2D eigenvalue weighted by Gasteiger charge is -2.10. The quantitative estimate of drug-likeness (QED) is 0.105. The lowest BCUT2D eigenvalue weighted by atomic mass is 10.1. The lowest BCUT2D eigenvalue weighted by Crippen LogP contribution is -2.28. The molecule has 4 aromatic rings. The maximum atomic E-state index is 12.5. The summed E-state index contributed by atoms with van der Waals surface area (Å²) in [4.78, 5) is 52.7. The Bertz CT molecular complexity index is 1560. The fourth-order valence-electron chi connectivity index (χ4n) is 3.79. The number of carboxylic acid groups (broad SMARTS) is 1. The zero-order valence-electron chi connectivity index (χ0n) is 21.3. The van der Waals surface area contributed by atoms with Crippen molar-refractivity contribution in [3.63, 3.8) is 0 Å². The normalized spacial score (nSPS) is 10.7. The van der Waals surface area contributed by atoms with E-state index in [1.54, 1.807) is 30.5 Å². The van der Waals surface area contributed by atoms with E-state index >= 15 is 0 Å². The standard InChI is InChI=1S/C26H28N10O4/c27-15-5-8-18(19(11-15)25(39)40)24(38)31-10-2-1-9-30-23(37)14-3-6-16(7-4-14)32-12-17-13-33-22-20(34-17)21(28)35-26(29)36-22/h3-8,11,13,32H,1-2,9-10,12,27H2,(H,30,37)(H,31,38)(H,39,40)(H4,28,29,33,35,36). The van der Waals surface area contributed by atoms with Crippen LogP contribution in [0.3, 0.4) is 0 Å². The molecule has 2 heterocycles. The summed E-state index contributed by atoms with van der Waals surface area (Å²) in [5.74, 6) is -1.75. The number of carbonyl (C=O) groups is 3. The molecule has 14 nitrogen and oxygen atoms in total. The van der Waals surface area contributed by atoms with Crippen LogP contribution in [-0.4, -0.2) is 55.9 Å². The molecule has 40 heavy (non-hydrogen) atoms. The molecule has 0 saturated heterocycles. The number of unbranched alkanes of at least 4 members (excludes halogenated alkanes) is 1. The van der Waals surface area contributed by atoms with E-state index in [1.165, 1.54) is 18.2 Å². The third-order valence-electron chi connectivity index (χ3n) is 5.82. The Morgan fingerprint density at radius 2 is 1.52 bits per heavy atom. The summed E-state index contributed by atoms with van der Waals surface area (Å²) >= 11 is 0. The summed E-state index contributed by atoms with van der Waals surface area (Å²) < 4.78 is 0. The third kappa shape index (κ3) is 6.86. The molecule has 0 aliphatic rings. The molecule has 2 aromatic heterocycles. The first kappa shape index (κ1) is 27.5. The van der Waals surface area contributed by atoms with Crippen LogP contribution in [-0.2, 0) is 6.54 Å². The van der Waals surface area contributed by atoms with Gasteiger partial charge >= 0.3 is 5.97 Å². The van der Waals surface area contributed by atoms with Crippen LogP contribution >= 0.6 is 0 Å². The number of nitrogens with one attached hydrogen (secondary N) is 3. The number of benzene rings is 2. The first-order chi connectivity index (χ1) is 19.2. The average molecular weight is 545 g/mol. The molecule has 0 unspecified atom stereocenters. The van der Waals surface area contributed by atoms with E-state index in [2.05, 4.69) is 35.9 Å². The number of aromatic carboxylic acids is 1. The van der Waals surface area contributed by atoms with Gasteiger partial charge in [-0.2, -0.15) is 9.97 Å². The maximum absolute atomic E-state index is 12.5. The second-order valence-electron chi connectivity index (χ2n) is 8.76. The van der Waals surface area contributed by atoms with Crippen molar-refractivity contribution in [3.05, 3.63) is 71.0 Å². The molecule has 0 fully saturated rings. The summed E-state index contributed by atoms with van der Waals surface area (Å²) in [5.41, 5.74) is 19.8. The van der Waals surface area contributed by atoms with E-state index in [0.717, 1.165) is 5.69 Å². The van der Waals surface area contributed by atoms with Crippen LogP contribution in [0, 0.1) is 0 Å². The molecule has 0 aliphatic carbocycles. The molecule has 0 aliphatic heterocycles. The van der Waals surface area contributed by atoms with Crippen molar-refractivity contribution in [2.45, 2.75) is 19.4 Å². The number of hydrogen-bond donors (Lipinski definition) is 7. The number of nitrogens with zero attached hydrogens (tertiary/aromatic N) is 4. The van der Waals surface area contributed by atoms with Gasteiger partial charge < -0.3 is 38.3 Å². The lowest BCUT2D eigenvalue weighted by molar-refractivity contribution is 0.0691. The average Bonchev–Trinajstić information content (AvgIpc) is 2.93. The Morgan fingerprint density at radius 1 is 0.825 bits per heavy atom. The Kier molecular flexibility index (Phi) is 8.49. The minimum absolute atomic E-state index is 0.0332. The van der Waals surface area contributed by atoms with Crippen molar-refractivity contribution < 1.29 is 19.5 Å². The maximum Gasteiger partial charge on any atom is 0.336 e. The highest BCUT2D eigenvalue weighted by molar-refractivity contribution is 6.05. The van der Waals surface area contributed by atoms with Crippen molar-refractivity contribution >= 4 is 52.1 Å². The van der Waals surface area contributed by atoms with E-state index in [4.69, 9.17) is 17.2 Å². The molecular formula is C26H28N10O4. The number of nitrogen functional groups attached to an aromatic ring is 3.